The number of furan rings is 1. The highest BCUT2D eigenvalue weighted by Gasteiger charge is 2.27. The van der Waals surface area contributed by atoms with Crippen molar-refractivity contribution in [2.24, 2.45) is 9.39 Å². The van der Waals surface area contributed by atoms with Gasteiger partial charge in [0.2, 0.25) is 0 Å². The van der Waals surface area contributed by atoms with Gasteiger partial charge in [-0.05, 0) is 30.7 Å². The minimum absolute atomic E-state index is 0.0232. The molecule has 2 heterocycles. The first-order valence-electron chi connectivity index (χ1n) is 7.13. The number of aryl methyl sites for hydroxylation is 1. The molecule has 0 saturated heterocycles. The lowest BCUT2D eigenvalue weighted by Gasteiger charge is -2.09. The first-order valence-corrected chi connectivity index (χ1v) is 8.57. The zero-order valence-corrected chi connectivity index (χ0v) is 13.9. The summed E-state index contributed by atoms with van der Waals surface area (Å²) < 4.78 is 34.4. The standard InChI is InChI=1S/C15H14N4O5S/c1-9-5-11(24-8-9)6-16-14-15(19-25(22,23)18-14)17-12-4-2-3-10(7-20)13(12)21/h2-5,7-8,21H,6H2,1H3,(H,16,18)(H,17,19). The van der Waals surface area contributed by atoms with E-state index in [4.69, 9.17) is 4.42 Å². The van der Waals surface area contributed by atoms with E-state index in [2.05, 4.69) is 19.4 Å². The van der Waals surface area contributed by atoms with Gasteiger partial charge in [0.25, 0.3) is 0 Å². The number of aliphatic imine (C=N–C) groups is 1. The fourth-order valence-electron chi connectivity index (χ4n) is 2.16. The Morgan fingerprint density at radius 1 is 1.44 bits per heavy atom. The first-order chi connectivity index (χ1) is 11.9. The van der Waals surface area contributed by atoms with Crippen molar-refractivity contribution in [1.29, 1.82) is 0 Å². The number of nitrogens with zero attached hydrogens (tertiary/aromatic N) is 2. The van der Waals surface area contributed by atoms with Crippen LogP contribution in [0.5, 0.6) is 5.75 Å². The van der Waals surface area contributed by atoms with Crippen LogP contribution in [0.25, 0.3) is 0 Å². The molecule has 10 heteroatoms. The van der Waals surface area contributed by atoms with Crippen molar-refractivity contribution in [3.63, 3.8) is 0 Å². The minimum Gasteiger partial charge on any atom is -0.505 e. The average molecular weight is 362 g/mol. The number of carbonyl (C=O) groups excluding carboxylic acids is 1. The molecule has 0 saturated carbocycles. The van der Waals surface area contributed by atoms with E-state index in [1.807, 2.05) is 6.92 Å². The lowest BCUT2D eigenvalue weighted by molar-refractivity contribution is 0.112. The molecule has 0 bridgehead atoms. The van der Waals surface area contributed by atoms with Gasteiger partial charge in [-0.3, -0.25) is 9.79 Å². The summed E-state index contributed by atoms with van der Waals surface area (Å²) in [7, 11) is -3.93. The number of phenolic OH excluding ortho intramolecular Hbond substituents is 1. The zero-order valence-electron chi connectivity index (χ0n) is 13.1. The number of para-hydroxylation sites is 1. The molecule has 25 heavy (non-hydrogen) atoms. The molecule has 1 aliphatic heterocycles. The van der Waals surface area contributed by atoms with Crippen LogP contribution in [0, 0.1) is 6.92 Å². The monoisotopic (exact) mass is 362 g/mol. The number of rotatable bonds is 4. The Morgan fingerprint density at radius 2 is 2.24 bits per heavy atom. The van der Waals surface area contributed by atoms with E-state index in [9.17, 15) is 18.3 Å². The molecule has 2 aromatic rings. The van der Waals surface area contributed by atoms with E-state index >= 15 is 0 Å². The second-order valence-corrected chi connectivity index (χ2v) is 6.60. The van der Waals surface area contributed by atoms with Gasteiger partial charge >= 0.3 is 10.2 Å². The van der Waals surface area contributed by atoms with Gasteiger partial charge in [-0.15, -0.1) is 4.40 Å². The summed E-state index contributed by atoms with van der Waals surface area (Å²) in [6.07, 6.45) is 2.05. The van der Waals surface area contributed by atoms with Crippen molar-refractivity contribution in [1.82, 2.24) is 4.72 Å². The number of amidine groups is 2. The van der Waals surface area contributed by atoms with Crippen molar-refractivity contribution < 1.29 is 22.7 Å². The Kier molecular flexibility index (Phi) is 4.28. The summed E-state index contributed by atoms with van der Waals surface area (Å²) in [6.45, 7) is 1.96. The van der Waals surface area contributed by atoms with Gasteiger partial charge in [-0.2, -0.15) is 8.42 Å². The second-order valence-electron chi connectivity index (χ2n) is 5.26. The van der Waals surface area contributed by atoms with Gasteiger partial charge in [0.05, 0.1) is 24.1 Å². The first kappa shape index (κ1) is 16.7. The SMILES string of the molecule is Cc1coc(CN=C2NS(=O)(=O)N=C2Nc2cccc(C=O)c2O)c1. The quantitative estimate of drug-likeness (QED) is 0.555. The number of aromatic hydroxyl groups is 1. The molecule has 1 aromatic carbocycles. The summed E-state index contributed by atoms with van der Waals surface area (Å²) in [6, 6.07) is 6.21. The molecule has 1 aliphatic rings. The summed E-state index contributed by atoms with van der Waals surface area (Å²) in [5.41, 5.74) is 1.11. The summed E-state index contributed by atoms with van der Waals surface area (Å²) in [5.74, 6) is 0.123. The number of hydrogen-bond donors (Lipinski definition) is 3. The van der Waals surface area contributed by atoms with Crippen molar-refractivity contribution in [2.45, 2.75) is 13.5 Å². The minimum atomic E-state index is -3.93. The molecule has 0 amide bonds. The van der Waals surface area contributed by atoms with Gasteiger partial charge in [0, 0.05) is 0 Å². The second kappa shape index (κ2) is 6.40. The third-order valence-electron chi connectivity index (χ3n) is 3.29. The van der Waals surface area contributed by atoms with Crippen LogP contribution >= 0.6 is 0 Å². The molecule has 0 unspecified atom stereocenters. The number of anilines is 1. The van der Waals surface area contributed by atoms with Gasteiger partial charge < -0.3 is 14.8 Å². The molecule has 0 spiro atoms. The maximum Gasteiger partial charge on any atom is 0.345 e. The topological polar surface area (TPSA) is 133 Å². The lowest BCUT2D eigenvalue weighted by atomic mass is 10.2. The molecule has 130 valence electrons. The molecule has 1 aromatic heterocycles. The van der Waals surface area contributed by atoms with Crippen LogP contribution in [0.1, 0.15) is 21.7 Å². The van der Waals surface area contributed by atoms with Crippen molar-refractivity contribution >= 4 is 33.9 Å². The summed E-state index contributed by atoms with van der Waals surface area (Å²) >= 11 is 0. The molecular weight excluding hydrogens is 348 g/mol. The number of hydrogen-bond acceptors (Lipinski definition) is 7. The van der Waals surface area contributed by atoms with Gasteiger partial charge in [-0.25, -0.2) is 4.72 Å². The fourth-order valence-corrected chi connectivity index (χ4v) is 2.98. The molecule has 0 atom stereocenters. The van der Waals surface area contributed by atoms with Crippen LogP contribution in [0.3, 0.4) is 0 Å². The van der Waals surface area contributed by atoms with Crippen molar-refractivity contribution in [3.8, 4) is 5.75 Å². The van der Waals surface area contributed by atoms with E-state index < -0.39 is 10.2 Å². The highest BCUT2D eigenvalue weighted by atomic mass is 32.2. The van der Waals surface area contributed by atoms with E-state index in [0.29, 0.717) is 12.0 Å². The zero-order chi connectivity index (χ0) is 18.0. The number of phenols is 1. The maximum atomic E-state index is 11.7. The van der Waals surface area contributed by atoms with Crippen LogP contribution in [0.4, 0.5) is 5.69 Å². The van der Waals surface area contributed by atoms with Crippen LogP contribution in [-0.4, -0.2) is 31.5 Å². The highest BCUT2D eigenvalue weighted by molar-refractivity contribution is 7.89. The molecule has 9 nitrogen and oxygen atoms in total. The Bertz CT molecular complexity index is 991. The van der Waals surface area contributed by atoms with E-state index in [-0.39, 0.29) is 35.2 Å². The maximum absolute atomic E-state index is 11.7. The van der Waals surface area contributed by atoms with Crippen molar-refractivity contribution in [2.75, 3.05) is 5.32 Å². The van der Waals surface area contributed by atoms with Crippen LogP contribution in [0.2, 0.25) is 0 Å². The van der Waals surface area contributed by atoms with E-state index in [0.717, 1.165) is 5.56 Å². The third-order valence-corrected chi connectivity index (χ3v) is 4.16. The van der Waals surface area contributed by atoms with Crippen LogP contribution < -0.4 is 10.0 Å². The number of carbonyl (C=O) groups is 1. The smallest absolute Gasteiger partial charge is 0.345 e. The summed E-state index contributed by atoms with van der Waals surface area (Å²) in [4.78, 5) is 15.0. The predicted octanol–water partition coefficient (Wildman–Crippen LogP) is 1.36. The van der Waals surface area contributed by atoms with E-state index in [1.165, 1.54) is 18.2 Å². The Morgan fingerprint density at radius 3 is 2.92 bits per heavy atom. The molecule has 0 aliphatic carbocycles. The van der Waals surface area contributed by atoms with Crippen LogP contribution in [0.15, 0.2) is 44.3 Å². The van der Waals surface area contributed by atoms with Crippen LogP contribution in [-0.2, 0) is 16.8 Å². The predicted molar refractivity (Wildman–Crippen MR) is 91.2 cm³/mol. The summed E-state index contributed by atoms with van der Waals surface area (Å²) in [5, 5.41) is 12.7. The van der Waals surface area contributed by atoms with Gasteiger partial charge in [-0.1, -0.05) is 6.07 Å². The Hall–Kier alpha value is -3.14. The third kappa shape index (κ3) is 3.69. The number of aldehydes is 1. The molecular formula is C15H14N4O5S. The largest absolute Gasteiger partial charge is 0.505 e. The normalized spacial score (nSPS) is 17.2. The Labute approximate surface area is 143 Å². The molecule has 0 radical (unpaired) electrons. The molecule has 3 rings (SSSR count). The molecule has 3 N–H and O–H groups in total. The highest BCUT2D eigenvalue weighted by Crippen LogP contribution is 2.26. The molecule has 0 fully saturated rings. The van der Waals surface area contributed by atoms with Gasteiger partial charge in [0.15, 0.2) is 18.0 Å². The fraction of sp³-hybridized carbons (Fsp3) is 0.133. The van der Waals surface area contributed by atoms with Crippen molar-refractivity contribution in [3.05, 3.63) is 47.4 Å². The average Bonchev–Trinajstić information content (AvgIpc) is 3.10. The van der Waals surface area contributed by atoms with Gasteiger partial charge in [0.1, 0.15) is 11.5 Å². The lowest BCUT2D eigenvalue weighted by Crippen LogP contribution is -2.30. The number of nitrogens with one attached hydrogen (secondary N) is 2. The van der Waals surface area contributed by atoms with E-state index in [1.54, 1.807) is 12.3 Å². The number of benzene rings is 1. The Balaban J connectivity index is 1.88.